The van der Waals surface area contributed by atoms with E-state index in [0.29, 0.717) is 25.2 Å². The van der Waals surface area contributed by atoms with Gasteiger partial charge in [0.1, 0.15) is 6.54 Å². The molecule has 0 saturated heterocycles. The summed E-state index contributed by atoms with van der Waals surface area (Å²) >= 11 is 1.64. The molecule has 3 aromatic rings. The summed E-state index contributed by atoms with van der Waals surface area (Å²) in [7, 11) is 0. The first-order chi connectivity index (χ1) is 14.2. The zero-order valence-electron chi connectivity index (χ0n) is 16.7. The summed E-state index contributed by atoms with van der Waals surface area (Å²) in [6.45, 7) is 3.72. The van der Waals surface area contributed by atoms with Crippen molar-refractivity contribution in [2.45, 2.75) is 26.4 Å². The molecular weight excluding hydrogens is 380 g/mol. The van der Waals surface area contributed by atoms with Crippen LogP contribution in [0.15, 0.2) is 78.2 Å². The summed E-state index contributed by atoms with van der Waals surface area (Å²) in [4.78, 5) is 30.8. The molecule has 0 aliphatic heterocycles. The van der Waals surface area contributed by atoms with Gasteiger partial charge >= 0.3 is 0 Å². The number of thiophene rings is 1. The molecule has 3 rings (SSSR count). The molecule has 0 saturated carbocycles. The minimum Gasteiger partial charge on any atom is -0.332 e. The van der Waals surface area contributed by atoms with Gasteiger partial charge in [-0.25, -0.2) is 0 Å². The highest BCUT2D eigenvalue weighted by molar-refractivity contribution is 7.09. The third-order valence-electron chi connectivity index (χ3n) is 4.62. The lowest BCUT2D eigenvalue weighted by Crippen LogP contribution is -2.42. The molecule has 0 aliphatic rings. The predicted molar refractivity (Wildman–Crippen MR) is 118 cm³/mol. The molecule has 4 nitrogen and oxygen atoms in total. The average molecular weight is 407 g/mol. The van der Waals surface area contributed by atoms with E-state index in [1.807, 2.05) is 77.9 Å². The maximum absolute atomic E-state index is 13.2. The Kier molecular flexibility index (Phi) is 7.59. The lowest BCUT2D eigenvalue weighted by atomic mass is 10.2. The molecule has 0 radical (unpaired) electrons. The standard InChI is InChI=1S/C24H26N2O2S/c1-2-15-25(24(28)21-12-7-4-8-13-21)19-23(27)26(18-22-14-9-16-29-22)17-20-10-5-3-6-11-20/h3-14,16H,2,15,17-19H2,1H3. The molecule has 0 spiro atoms. The Hall–Kier alpha value is -2.92. The summed E-state index contributed by atoms with van der Waals surface area (Å²) in [5, 5.41) is 2.02. The first-order valence-electron chi connectivity index (χ1n) is 9.85. The van der Waals surface area contributed by atoms with Crippen LogP contribution < -0.4 is 0 Å². The van der Waals surface area contributed by atoms with E-state index < -0.39 is 0 Å². The summed E-state index contributed by atoms with van der Waals surface area (Å²) in [6.07, 6.45) is 0.801. The third kappa shape index (κ3) is 6.03. The van der Waals surface area contributed by atoms with Crippen molar-refractivity contribution in [2.24, 2.45) is 0 Å². The van der Waals surface area contributed by atoms with Crippen LogP contribution in [0.25, 0.3) is 0 Å². The van der Waals surface area contributed by atoms with E-state index in [1.54, 1.807) is 28.4 Å². The van der Waals surface area contributed by atoms with Gasteiger partial charge in [-0.2, -0.15) is 0 Å². The van der Waals surface area contributed by atoms with E-state index >= 15 is 0 Å². The Morgan fingerprint density at radius 1 is 0.828 bits per heavy atom. The molecule has 2 amide bonds. The highest BCUT2D eigenvalue weighted by Gasteiger charge is 2.22. The Balaban J connectivity index is 1.76. The summed E-state index contributed by atoms with van der Waals surface area (Å²) in [5.41, 5.74) is 1.69. The van der Waals surface area contributed by atoms with E-state index in [9.17, 15) is 9.59 Å². The summed E-state index contributed by atoms with van der Waals surface area (Å²) < 4.78 is 0. The zero-order chi connectivity index (χ0) is 20.5. The fourth-order valence-electron chi connectivity index (χ4n) is 3.18. The molecule has 0 N–H and O–H groups in total. The van der Waals surface area contributed by atoms with Crippen molar-refractivity contribution in [1.29, 1.82) is 0 Å². The maximum Gasteiger partial charge on any atom is 0.254 e. The van der Waals surface area contributed by atoms with Gasteiger partial charge in [-0.05, 0) is 35.6 Å². The molecule has 0 aliphatic carbocycles. The van der Waals surface area contributed by atoms with Crippen LogP contribution in [0.2, 0.25) is 0 Å². The molecule has 0 bridgehead atoms. The SMILES string of the molecule is CCCN(CC(=O)N(Cc1ccccc1)Cc1cccs1)C(=O)c1ccccc1. The third-order valence-corrected chi connectivity index (χ3v) is 5.48. The minimum atomic E-state index is -0.100. The van der Waals surface area contributed by atoms with Crippen LogP contribution in [0.4, 0.5) is 0 Å². The Morgan fingerprint density at radius 3 is 2.14 bits per heavy atom. The van der Waals surface area contributed by atoms with Gasteiger partial charge in [0.15, 0.2) is 0 Å². The quantitative estimate of drug-likeness (QED) is 0.511. The lowest BCUT2D eigenvalue weighted by Gasteiger charge is -2.27. The normalized spacial score (nSPS) is 10.5. The fraction of sp³-hybridized carbons (Fsp3) is 0.250. The number of carbonyl (C=O) groups excluding carboxylic acids is 2. The fourth-order valence-corrected chi connectivity index (χ4v) is 3.90. The van der Waals surface area contributed by atoms with Crippen LogP contribution in [0, 0.1) is 0 Å². The van der Waals surface area contributed by atoms with Gasteiger partial charge in [-0.15, -0.1) is 11.3 Å². The minimum absolute atomic E-state index is 0.0417. The number of carbonyl (C=O) groups is 2. The van der Waals surface area contributed by atoms with E-state index in [-0.39, 0.29) is 18.4 Å². The smallest absolute Gasteiger partial charge is 0.254 e. The van der Waals surface area contributed by atoms with Crippen LogP contribution in [-0.4, -0.2) is 34.7 Å². The van der Waals surface area contributed by atoms with Gasteiger partial charge in [0.05, 0.1) is 6.54 Å². The number of hydrogen-bond acceptors (Lipinski definition) is 3. The van der Waals surface area contributed by atoms with Gasteiger partial charge in [-0.3, -0.25) is 9.59 Å². The average Bonchev–Trinajstić information content (AvgIpc) is 3.27. The molecule has 0 unspecified atom stereocenters. The number of hydrogen-bond donors (Lipinski definition) is 0. The van der Waals surface area contributed by atoms with Crippen molar-refractivity contribution < 1.29 is 9.59 Å². The van der Waals surface area contributed by atoms with Crippen molar-refractivity contribution >= 4 is 23.2 Å². The van der Waals surface area contributed by atoms with E-state index in [2.05, 4.69) is 0 Å². The molecule has 1 aromatic heterocycles. The van der Waals surface area contributed by atoms with Crippen molar-refractivity contribution in [3.63, 3.8) is 0 Å². The first-order valence-corrected chi connectivity index (χ1v) is 10.7. The number of nitrogens with zero attached hydrogens (tertiary/aromatic N) is 2. The Labute approximate surface area is 176 Å². The Bertz CT molecular complexity index is 895. The van der Waals surface area contributed by atoms with Crippen LogP contribution >= 0.6 is 11.3 Å². The zero-order valence-corrected chi connectivity index (χ0v) is 17.5. The maximum atomic E-state index is 13.2. The lowest BCUT2D eigenvalue weighted by molar-refractivity contribution is -0.133. The molecule has 29 heavy (non-hydrogen) atoms. The van der Waals surface area contributed by atoms with E-state index in [4.69, 9.17) is 0 Å². The van der Waals surface area contributed by atoms with Crippen molar-refractivity contribution in [3.8, 4) is 0 Å². The molecule has 2 aromatic carbocycles. The molecule has 1 heterocycles. The van der Waals surface area contributed by atoms with E-state index in [0.717, 1.165) is 16.9 Å². The Morgan fingerprint density at radius 2 is 1.52 bits per heavy atom. The topological polar surface area (TPSA) is 40.6 Å². The molecule has 5 heteroatoms. The van der Waals surface area contributed by atoms with Gasteiger partial charge in [0.2, 0.25) is 5.91 Å². The second-order valence-corrected chi connectivity index (χ2v) is 7.94. The molecule has 0 atom stereocenters. The molecule has 150 valence electrons. The predicted octanol–water partition coefficient (Wildman–Crippen LogP) is 4.83. The van der Waals surface area contributed by atoms with Crippen molar-refractivity contribution in [1.82, 2.24) is 9.80 Å². The second kappa shape index (κ2) is 10.6. The molecule has 0 fully saturated rings. The number of benzene rings is 2. The number of amides is 2. The number of rotatable bonds is 9. The van der Waals surface area contributed by atoms with Gasteiger partial charge < -0.3 is 9.80 Å². The highest BCUT2D eigenvalue weighted by Crippen LogP contribution is 2.16. The second-order valence-electron chi connectivity index (χ2n) is 6.91. The molecular formula is C24H26N2O2S. The van der Waals surface area contributed by atoms with Crippen LogP contribution in [0.3, 0.4) is 0 Å². The first kappa shape index (κ1) is 20.8. The van der Waals surface area contributed by atoms with Crippen LogP contribution in [0.5, 0.6) is 0 Å². The largest absolute Gasteiger partial charge is 0.332 e. The van der Waals surface area contributed by atoms with E-state index in [1.165, 1.54) is 0 Å². The highest BCUT2D eigenvalue weighted by atomic mass is 32.1. The van der Waals surface area contributed by atoms with Crippen LogP contribution in [0.1, 0.15) is 34.1 Å². The van der Waals surface area contributed by atoms with Crippen molar-refractivity contribution in [3.05, 3.63) is 94.2 Å². The summed E-state index contributed by atoms with van der Waals surface area (Å²) in [6, 6.07) is 23.2. The van der Waals surface area contributed by atoms with Crippen molar-refractivity contribution in [2.75, 3.05) is 13.1 Å². The van der Waals surface area contributed by atoms with Gasteiger partial charge in [0, 0.05) is 23.5 Å². The van der Waals surface area contributed by atoms with Gasteiger partial charge in [-0.1, -0.05) is 61.5 Å². The van der Waals surface area contributed by atoms with Crippen LogP contribution in [-0.2, 0) is 17.9 Å². The summed E-state index contributed by atoms with van der Waals surface area (Å²) in [5.74, 6) is -0.142. The monoisotopic (exact) mass is 406 g/mol. The van der Waals surface area contributed by atoms with Gasteiger partial charge in [0.25, 0.3) is 5.91 Å².